The van der Waals surface area contributed by atoms with Gasteiger partial charge in [-0.05, 0) is 44.6 Å². The molecule has 1 saturated heterocycles. The number of nitrogens with zero attached hydrogens (tertiary/aromatic N) is 2. The second-order valence-electron chi connectivity index (χ2n) is 5.33. The van der Waals surface area contributed by atoms with Crippen LogP contribution in [0.25, 0.3) is 0 Å². The van der Waals surface area contributed by atoms with E-state index in [2.05, 4.69) is 23.6 Å². The van der Waals surface area contributed by atoms with Gasteiger partial charge in [-0.3, -0.25) is 9.69 Å². The molecule has 2 rings (SSSR count). The maximum Gasteiger partial charge on any atom is 0.159 e. The molecular weight excluding hydrogens is 255 g/mol. The summed E-state index contributed by atoms with van der Waals surface area (Å²) in [7, 11) is 0. The third kappa shape index (κ3) is 3.01. The number of ketones is 1. The number of anilines is 1. The summed E-state index contributed by atoms with van der Waals surface area (Å²) in [5, 5.41) is 0. The van der Waals surface area contributed by atoms with Crippen LogP contribution in [0.4, 0.5) is 10.1 Å². The molecule has 1 fully saturated rings. The molecule has 1 unspecified atom stereocenters. The van der Waals surface area contributed by atoms with Crippen molar-refractivity contribution in [2.45, 2.75) is 33.2 Å². The molecule has 1 heterocycles. The van der Waals surface area contributed by atoms with Crippen LogP contribution in [0.1, 0.15) is 37.6 Å². The first kappa shape index (κ1) is 15.0. The van der Waals surface area contributed by atoms with Gasteiger partial charge in [0.2, 0.25) is 0 Å². The number of hydrogen-bond acceptors (Lipinski definition) is 3. The number of halogens is 1. The van der Waals surface area contributed by atoms with Crippen molar-refractivity contribution in [1.82, 2.24) is 4.90 Å². The highest BCUT2D eigenvalue weighted by Gasteiger charge is 2.27. The SMILES string of the molecule is CCN(CC)C1CCN(c2ccc(C(C)=O)cc2F)C1. The summed E-state index contributed by atoms with van der Waals surface area (Å²) < 4.78 is 14.1. The molecule has 0 saturated carbocycles. The quantitative estimate of drug-likeness (QED) is 0.774. The summed E-state index contributed by atoms with van der Waals surface area (Å²) in [6.45, 7) is 9.57. The number of Topliss-reactive ketones (excluding diaryl/α,β-unsaturated/α-hetero) is 1. The molecule has 1 aromatic rings. The summed E-state index contributed by atoms with van der Waals surface area (Å²) in [6, 6.07) is 5.29. The maximum absolute atomic E-state index is 14.1. The average Bonchev–Trinajstić information content (AvgIpc) is 2.89. The fourth-order valence-electron chi connectivity index (χ4n) is 2.98. The third-order valence-corrected chi connectivity index (χ3v) is 4.19. The van der Waals surface area contributed by atoms with E-state index in [-0.39, 0.29) is 11.6 Å². The van der Waals surface area contributed by atoms with E-state index >= 15 is 0 Å². The first-order chi connectivity index (χ1) is 9.56. The molecule has 110 valence electrons. The Morgan fingerprint density at radius 2 is 2.10 bits per heavy atom. The second kappa shape index (κ2) is 6.35. The Kier molecular flexibility index (Phi) is 4.76. The zero-order valence-corrected chi connectivity index (χ0v) is 12.5. The number of hydrogen-bond donors (Lipinski definition) is 0. The highest BCUT2D eigenvalue weighted by atomic mass is 19.1. The van der Waals surface area contributed by atoms with E-state index in [0.29, 0.717) is 17.3 Å². The predicted octanol–water partition coefficient (Wildman–Crippen LogP) is 2.95. The predicted molar refractivity (Wildman–Crippen MR) is 79.9 cm³/mol. The average molecular weight is 278 g/mol. The highest BCUT2D eigenvalue weighted by molar-refractivity contribution is 5.94. The molecule has 0 spiro atoms. The Balaban J connectivity index is 2.12. The normalized spacial score (nSPS) is 18.9. The van der Waals surface area contributed by atoms with Crippen molar-refractivity contribution in [2.24, 2.45) is 0 Å². The topological polar surface area (TPSA) is 23.6 Å². The molecule has 3 nitrogen and oxygen atoms in total. The van der Waals surface area contributed by atoms with Crippen molar-refractivity contribution in [3.63, 3.8) is 0 Å². The van der Waals surface area contributed by atoms with Gasteiger partial charge in [0.05, 0.1) is 5.69 Å². The molecule has 0 N–H and O–H groups in total. The molecule has 1 aliphatic heterocycles. The fraction of sp³-hybridized carbons (Fsp3) is 0.562. The molecule has 4 heteroatoms. The Hall–Kier alpha value is -1.42. The molecule has 0 aromatic heterocycles. The summed E-state index contributed by atoms with van der Waals surface area (Å²) in [6.07, 6.45) is 1.07. The van der Waals surface area contributed by atoms with Gasteiger partial charge < -0.3 is 4.90 Å². The fourth-order valence-corrected chi connectivity index (χ4v) is 2.98. The number of rotatable bonds is 5. The van der Waals surface area contributed by atoms with Crippen LogP contribution in [0, 0.1) is 5.82 Å². The lowest BCUT2D eigenvalue weighted by Gasteiger charge is -2.26. The van der Waals surface area contributed by atoms with E-state index in [0.717, 1.165) is 32.6 Å². The van der Waals surface area contributed by atoms with Crippen molar-refractivity contribution >= 4 is 11.5 Å². The van der Waals surface area contributed by atoms with E-state index in [1.54, 1.807) is 12.1 Å². The Morgan fingerprint density at radius 1 is 1.40 bits per heavy atom. The number of likely N-dealkylation sites (N-methyl/N-ethyl adjacent to an activating group) is 1. The van der Waals surface area contributed by atoms with Gasteiger partial charge in [-0.2, -0.15) is 0 Å². The van der Waals surface area contributed by atoms with E-state index in [4.69, 9.17) is 0 Å². The summed E-state index contributed by atoms with van der Waals surface area (Å²) >= 11 is 0. The number of carbonyl (C=O) groups is 1. The van der Waals surface area contributed by atoms with Gasteiger partial charge in [-0.25, -0.2) is 4.39 Å². The standard InChI is InChI=1S/C16H23FN2O/c1-4-18(5-2)14-8-9-19(11-14)16-7-6-13(12(3)20)10-15(16)17/h6-7,10,14H,4-5,8-9,11H2,1-3H3. The van der Waals surface area contributed by atoms with E-state index < -0.39 is 0 Å². The van der Waals surface area contributed by atoms with Gasteiger partial charge >= 0.3 is 0 Å². The lowest BCUT2D eigenvalue weighted by Crippen LogP contribution is -2.37. The first-order valence-electron chi connectivity index (χ1n) is 7.36. The van der Waals surface area contributed by atoms with Gasteiger partial charge in [-0.1, -0.05) is 13.8 Å². The summed E-state index contributed by atoms with van der Waals surface area (Å²) in [5.41, 5.74) is 1.05. The molecule has 20 heavy (non-hydrogen) atoms. The zero-order chi connectivity index (χ0) is 14.7. The molecule has 1 aliphatic rings. The van der Waals surface area contributed by atoms with Crippen molar-refractivity contribution in [3.8, 4) is 0 Å². The summed E-state index contributed by atoms with van der Waals surface area (Å²) in [5.74, 6) is -0.393. The number of benzene rings is 1. The third-order valence-electron chi connectivity index (χ3n) is 4.19. The van der Waals surface area contributed by atoms with Crippen LogP contribution in [0.5, 0.6) is 0 Å². The smallest absolute Gasteiger partial charge is 0.159 e. The van der Waals surface area contributed by atoms with Crippen LogP contribution in [0.3, 0.4) is 0 Å². The van der Waals surface area contributed by atoms with Crippen molar-refractivity contribution < 1.29 is 9.18 Å². The van der Waals surface area contributed by atoms with Gasteiger partial charge in [0.25, 0.3) is 0 Å². The monoisotopic (exact) mass is 278 g/mol. The van der Waals surface area contributed by atoms with Crippen LogP contribution in [-0.2, 0) is 0 Å². The van der Waals surface area contributed by atoms with Crippen LogP contribution in [0.15, 0.2) is 18.2 Å². The van der Waals surface area contributed by atoms with E-state index in [1.165, 1.54) is 13.0 Å². The largest absolute Gasteiger partial charge is 0.368 e. The zero-order valence-electron chi connectivity index (χ0n) is 12.5. The lowest BCUT2D eigenvalue weighted by atomic mass is 10.1. The Morgan fingerprint density at radius 3 is 2.65 bits per heavy atom. The summed E-state index contributed by atoms with van der Waals surface area (Å²) in [4.78, 5) is 15.8. The second-order valence-corrected chi connectivity index (χ2v) is 5.33. The van der Waals surface area contributed by atoms with Gasteiger partial charge in [0, 0.05) is 24.7 Å². The Labute approximate surface area is 120 Å². The van der Waals surface area contributed by atoms with Gasteiger partial charge in [-0.15, -0.1) is 0 Å². The van der Waals surface area contributed by atoms with Crippen LogP contribution < -0.4 is 4.90 Å². The molecule has 0 amide bonds. The van der Waals surface area contributed by atoms with Gasteiger partial charge in [0.1, 0.15) is 5.82 Å². The molecule has 1 atom stereocenters. The molecule has 0 aliphatic carbocycles. The van der Waals surface area contributed by atoms with Crippen molar-refractivity contribution in [3.05, 3.63) is 29.6 Å². The number of carbonyl (C=O) groups excluding carboxylic acids is 1. The Bertz CT molecular complexity index is 485. The van der Waals surface area contributed by atoms with Crippen LogP contribution in [-0.4, -0.2) is 42.9 Å². The molecular formula is C16H23FN2O. The van der Waals surface area contributed by atoms with Crippen LogP contribution in [0.2, 0.25) is 0 Å². The van der Waals surface area contributed by atoms with Crippen molar-refractivity contribution in [1.29, 1.82) is 0 Å². The minimum absolute atomic E-state index is 0.0992. The maximum atomic E-state index is 14.1. The van der Waals surface area contributed by atoms with Gasteiger partial charge in [0.15, 0.2) is 5.78 Å². The minimum Gasteiger partial charge on any atom is -0.368 e. The van der Waals surface area contributed by atoms with E-state index in [9.17, 15) is 9.18 Å². The van der Waals surface area contributed by atoms with E-state index in [1.807, 2.05) is 0 Å². The first-order valence-corrected chi connectivity index (χ1v) is 7.36. The lowest BCUT2D eigenvalue weighted by molar-refractivity contribution is 0.101. The van der Waals surface area contributed by atoms with Crippen molar-refractivity contribution in [2.75, 3.05) is 31.1 Å². The molecule has 0 radical (unpaired) electrons. The molecule has 1 aromatic carbocycles. The molecule has 0 bridgehead atoms. The highest BCUT2D eigenvalue weighted by Crippen LogP contribution is 2.26. The minimum atomic E-state index is -0.294. The van der Waals surface area contributed by atoms with Crippen LogP contribution >= 0.6 is 0 Å².